The number of nitrogens with one attached hydrogen (secondary N) is 1. The highest BCUT2D eigenvalue weighted by atomic mass is 35.5. The van der Waals surface area contributed by atoms with Crippen molar-refractivity contribution in [1.29, 1.82) is 0 Å². The highest BCUT2D eigenvalue weighted by Crippen LogP contribution is 2.33. The van der Waals surface area contributed by atoms with Crippen molar-refractivity contribution in [2.45, 2.75) is 57.7 Å². The first-order valence-electron chi connectivity index (χ1n) is 8.53. The standard InChI is InChI=1S/C18H24Cl2N2O/c1-2-22(11-12-3-6-16(19)17(20)9-12)18(23)10-13-7-14-4-5-15(8-13)21-14/h3,6,9,13-15,21H,2,4-5,7-8,10-11H2,1H3. The Kier molecular flexibility index (Phi) is 5.50. The minimum atomic E-state index is 0.255. The summed E-state index contributed by atoms with van der Waals surface area (Å²) in [4.78, 5) is 14.6. The molecule has 2 saturated heterocycles. The number of rotatable bonds is 5. The molecule has 0 spiro atoms. The van der Waals surface area contributed by atoms with Crippen LogP contribution >= 0.6 is 23.2 Å². The Labute approximate surface area is 148 Å². The van der Waals surface area contributed by atoms with E-state index in [-0.39, 0.29) is 5.91 Å². The first kappa shape index (κ1) is 17.1. The molecule has 2 aliphatic rings. The zero-order valence-electron chi connectivity index (χ0n) is 13.5. The van der Waals surface area contributed by atoms with E-state index >= 15 is 0 Å². The van der Waals surface area contributed by atoms with Crippen molar-refractivity contribution < 1.29 is 4.79 Å². The zero-order chi connectivity index (χ0) is 16.4. The van der Waals surface area contributed by atoms with Crippen molar-refractivity contribution in [1.82, 2.24) is 10.2 Å². The monoisotopic (exact) mass is 354 g/mol. The van der Waals surface area contributed by atoms with E-state index in [4.69, 9.17) is 23.2 Å². The molecule has 2 bridgehead atoms. The lowest BCUT2D eigenvalue weighted by molar-refractivity contribution is -0.132. The molecule has 23 heavy (non-hydrogen) atoms. The second kappa shape index (κ2) is 7.42. The fraction of sp³-hybridized carbons (Fsp3) is 0.611. The van der Waals surface area contributed by atoms with Gasteiger partial charge in [-0.05, 0) is 56.2 Å². The number of hydrogen-bond acceptors (Lipinski definition) is 2. The van der Waals surface area contributed by atoms with Gasteiger partial charge in [0.1, 0.15) is 0 Å². The molecule has 1 aromatic carbocycles. The summed E-state index contributed by atoms with van der Waals surface area (Å²) in [5.41, 5.74) is 1.03. The summed E-state index contributed by atoms with van der Waals surface area (Å²) < 4.78 is 0. The highest BCUT2D eigenvalue weighted by Gasteiger charge is 2.34. The Balaban J connectivity index is 1.58. The van der Waals surface area contributed by atoms with E-state index < -0.39 is 0 Å². The average Bonchev–Trinajstić information content (AvgIpc) is 2.87. The van der Waals surface area contributed by atoms with Gasteiger partial charge in [-0.3, -0.25) is 4.79 Å². The quantitative estimate of drug-likeness (QED) is 0.856. The van der Waals surface area contributed by atoms with Gasteiger partial charge >= 0.3 is 0 Å². The smallest absolute Gasteiger partial charge is 0.223 e. The van der Waals surface area contributed by atoms with E-state index in [1.807, 2.05) is 24.0 Å². The van der Waals surface area contributed by atoms with Gasteiger partial charge in [-0.15, -0.1) is 0 Å². The number of hydrogen-bond donors (Lipinski definition) is 1. The Morgan fingerprint density at radius 2 is 1.91 bits per heavy atom. The zero-order valence-corrected chi connectivity index (χ0v) is 15.0. The summed E-state index contributed by atoms with van der Waals surface area (Å²) in [6, 6.07) is 6.86. The third-order valence-corrected chi connectivity index (χ3v) is 5.86. The minimum absolute atomic E-state index is 0.255. The van der Waals surface area contributed by atoms with Gasteiger partial charge in [-0.2, -0.15) is 0 Å². The van der Waals surface area contributed by atoms with Crippen LogP contribution in [-0.2, 0) is 11.3 Å². The van der Waals surface area contributed by atoms with Gasteiger partial charge in [-0.25, -0.2) is 0 Å². The van der Waals surface area contributed by atoms with E-state index in [0.29, 0.717) is 41.0 Å². The van der Waals surface area contributed by atoms with Crippen LogP contribution in [0.2, 0.25) is 10.0 Å². The second-order valence-corrected chi connectivity index (χ2v) is 7.65. The van der Waals surface area contributed by atoms with E-state index in [2.05, 4.69) is 5.32 Å². The molecular formula is C18H24Cl2N2O. The van der Waals surface area contributed by atoms with Crippen LogP contribution < -0.4 is 5.32 Å². The summed E-state index contributed by atoms with van der Waals surface area (Å²) in [6.07, 6.45) is 5.51. The Morgan fingerprint density at radius 1 is 1.22 bits per heavy atom. The lowest BCUT2D eigenvalue weighted by Crippen LogP contribution is -2.40. The number of piperidine rings is 1. The Bertz CT molecular complexity index is 566. The van der Waals surface area contributed by atoms with E-state index in [0.717, 1.165) is 24.9 Å². The summed E-state index contributed by atoms with van der Waals surface area (Å²) in [6.45, 7) is 3.35. The van der Waals surface area contributed by atoms with Crippen molar-refractivity contribution in [3.8, 4) is 0 Å². The second-order valence-electron chi connectivity index (χ2n) is 6.84. The minimum Gasteiger partial charge on any atom is -0.339 e. The average molecular weight is 355 g/mol. The molecule has 0 aromatic heterocycles. The molecule has 1 amide bonds. The van der Waals surface area contributed by atoms with Gasteiger partial charge < -0.3 is 10.2 Å². The summed E-state index contributed by atoms with van der Waals surface area (Å²) >= 11 is 12.0. The number of fused-ring (bicyclic) bond motifs is 2. The molecule has 126 valence electrons. The van der Waals surface area contributed by atoms with E-state index in [1.54, 1.807) is 6.07 Å². The van der Waals surface area contributed by atoms with Gasteiger partial charge in [0.05, 0.1) is 10.0 Å². The van der Waals surface area contributed by atoms with Gasteiger partial charge in [0.2, 0.25) is 5.91 Å². The molecule has 2 aliphatic heterocycles. The van der Waals surface area contributed by atoms with Gasteiger partial charge in [0, 0.05) is 31.6 Å². The third kappa shape index (κ3) is 4.20. The van der Waals surface area contributed by atoms with Crippen LogP contribution in [0, 0.1) is 5.92 Å². The van der Waals surface area contributed by atoms with E-state index in [9.17, 15) is 4.79 Å². The lowest BCUT2D eigenvalue weighted by atomic mass is 9.89. The molecule has 5 heteroatoms. The Hall–Kier alpha value is -0.770. The maximum absolute atomic E-state index is 12.7. The number of carbonyl (C=O) groups is 1. The maximum Gasteiger partial charge on any atom is 0.223 e. The van der Waals surface area contributed by atoms with Crippen molar-refractivity contribution in [3.63, 3.8) is 0 Å². The van der Waals surface area contributed by atoms with Gasteiger partial charge in [0.15, 0.2) is 0 Å². The molecule has 2 unspecified atom stereocenters. The fourth-order valence-electron chi connectivity index (χ4n) is 3.95. The van der Waals surface area contributed by atoms with Crippen molar-refractivity contribution in [2.75, 3.05) is 6.54 Å². The van der Waals surface area contributed by atoms with Crippen LogP contribution in [0.5, 0.6) is 0 Å². The molecule has 2 atom stereocenters. The van der Waals surface area contributed by atoms with Crippen molar-refractivity contribution >= 4 is 29.1 Å². The van der Waals surface area contributed by atoms with Gasteiger partial charge in [-0.1, -0.05) is 29.3 Å². The highest BCUT2D eigenvalue weighted by molar-refractivity contribution is 6.42. The number of nitrogens with zero attached hydrogens (tertiary/aromatic N) is 1. The predicted molar refractivity (Wildman–Crippen MR) is 94.8 cm³/mol. The molecule has 1 N–H and O–H groups in total. The molecule has 2 heterocycles. The number of carbonyl (C=O) groups excluding carboxylic acids is 1. The van der Waals surface area contributed by atoms with E-state index in [1.165, 1.54) is 12.8 Å². The molecule has 0 saturated carbocycles. The summed E-state index contributed by atoms with van der Waals surface area (Å²) in [7, 11) is 0. The van der Waals surface area contributed by atoms with Crippen molar-refractivity contribution in [2.24, 2.45) is 5.92 Å². The molecule has 3 nitrogen and oxygen atoms in total. The maximum atomic E-state index is 12.7. The first-order valence-corrected chi connectivity index (χ1v) is 9.28. The van der Waals surface area contributed by atoms with Crippen molar-refractivity contribution in [3.05, 3.63) is 33.8 Å². The van der Waals surface area contributed by atoms with Crippen LogP contribution in [0.25, 0.3) is 0 Å². The number of benzene rings is 1. The normalized spacial score (nSPS) is 26.3. The molecular weight excluding hydrogens is 331 g/mol. The number of halogens is 2. The topological polar surface area (TPSA) is 32.3 Å². The molecule has 0 radical (unpaired) electrons. The molecule has 3 rings (SSSR count). The van der Waals surface area contributed by atoms with Crippen LogP contribution in [0.15, 0.2) is 18.2 Å². The van der Waals surface area contributed by atoms with Crippen LogP contribution in [-0.4, -0.2) is 29.4 Å². The number of amides is 1. The van der Waals surface area contributed by atoms with Gasteiger partial charge in [0.25, 0.3) is 0 Å². The first-order chi connectivity index (χ1) is 11.0. The Morgan fingerprint density at radius 3 is 2.52 bits per heavy atom. The third-order valence-electron chi connectivity index (χ3n) is 5.13. The fourth-order valence-corrected chi connectivity index (χ4v) is 4.27. The predicted octanol–water partition coefficient (Wildman–Crippen LogP) is 4.26. The summed E-state index contributed by atoms with van der Waals surface area (Å²) in [5.74, 6) is 0.786. The largest absolute Gasteiger partial charge is 0.339 e. The summed E-state index contributed by atoms with van der Waals surface area (Å²) in [5, 5.41) is 4.73. The molecule has 0 aliphatic carbocycles. The lowest BCUT2D eigenvalue weighted by Gasteiger charge is -2.30. The molecule has 2 fully saturated rings. The van der Waals surface area contributed by atoms with Crippen LogP contribution in [0.4, 0.5) is 0 Å². The SMILES string of the molecule is CCN(Cc1ccc(Cl)c(Cl)c1)C(=O)CC1CC2CCC(C1)N2. The molecule has 1 aromatic rings. The van der Waals surface area contributed by atoms with Crippen LogP contribution in [0.3, 0.4) is 0 Å². The van der Waals surface area contributed by atoms with Crippen LogP contribution in [0.1, 0.15) is 44.6 Å².